The summed E-state index contributed by atoms with van der Waals surface area (Å²) in [5.41, 5.74) is 9.95. The zero-order valence-corrected chi connectivity index (χ0v) is 21.8. The minimum atomic E-state index is -1.86. The van der Waals surface area contributed by atoms with Crippen LogP contribution < -0.4 is 46.6 Å². The first-order chi connectivity index (χ1) is 19.1. The van der Waals surface area contributed by atoms with Crippen molar-refractivity contribution in [2.75, 3.05) is 0 Å². The number of ketones is 2. The van der Waals surface area contributed by atoms with E-state index < -0.39 is 84.2 Å². The summed E-state index contributed by atoms with van der Waals surface area (Å²) in [6, 6.07) is -2.28. The van der Waals surface area contributed by atoms with Gasteiger partial charge < -0.3 is 90.7 Å². The lowest BCUT2D eigenvalue weighted by atomic mass is 10.1. The van der Waals surface area contributed by atoms with E-state index in [1.54, 1.807) is 0 Å². The maximum absolute atomic E-state index is 10.2. The average Bonchev–Trinajstić information content (AvgIpc) is 2.85. The Morgan fingerprint density at radius 2 is 0.857 bits per heavy atom. The summed E-state index contributed by atoms with van der Waals surface area (Å²) in [7, 11) is 0. The molecular weight excluding hydrogens is 580 g/mol. The minimum Gasteiger partial charge on any atom is -0.670 e. The molecule has 0 fully saturated rings. The molecule has 0 heterocycles. The molecule has 0 saturated carbocycles. The highest BCUT2D eigenvalue weighted by atomic mass is 16.4. The van der Waals surface area contributed by atoms with Crippen LogP contribution in [0.1, 0.15) is 64.2 Å². The van der Waals surface area contributed by atoms with Gasteiger partial charge in [-0.3, -0.25) is 9.59 Å². The predicted octanol–water partition coefficient (Wildman–Crippen LogP) is -12.0. The van der Waals surface area contributed by atoms with Gasteiger partial charge in [0.1, 0.15) is 18.0 Å². The Morgan fingerprint density at radius 3 is 1.19 bits per heavy atom. The van der Waals surface area contributed by atoms with E-state index in [1.807, 2.05) is 0 Å². The van der Waals surface area contributed by atoms with Crippen molar-refractivity contribution >= 4 is 59.3 Å². The zero-order chi connectivity index (χ0) is 34.0. The third kappa shape index (κ3) is 37.2. The van der Waals surface area contributed by atoms with Gasteiger partial charge in [0.25, 0.3) is 0 Å². The first-order valence-corrected chi connectivity index (χ1v) is 11.4. The van der Waals surface area contributed by atoms with Crippen LogP contribution in [0.4, 0.5) is 0 Å². The van der Waals surface area contributed by atoms with Gasteiger partial charge in [-0.2, -0.15) is 0 Å². The number of carboxylic acid groups (broad SMARTS) is 8. The van der Waals surface area contributed by atoms with Crippen molar-refractivity contribution in [3.63, 3.8) is 0 Å². The van der Waals surface area contributed by atoms with E-state index >= 15 is 0 Å². The Labute approximate surface area is 236 Å². The number of Topliss-reactive ketones (excluding diaryl/α,β-unsaturated/α-hetero) is 2. The second-order valence-electron chi connectivity index (χ2n) is 7.58. The molecule has 0 bridgehead atoms. The van der Waals surface area contributed by atoms with Crippen LogP contribution >= 0.6 is 0 Å². The summed E-state index contributed by atoms with van der Waals surface area (Å²) >= 11 is 0. The molecule has 0 spiro atoms. The van der Waals surface area contributed by atoms with E-state index in [0.717, 1.165) is 0 Å². The number of carboxylic acids is 8. The maximum atomic E-state index is 10.2. The van der Waals surface area contributed by atoms with Crippen LogP contribution in [0.25, 0.3) is 5.73 Å². The van der Waals surface area contributed by atoms with Gasteiger partial charge in [0.15, 0.2) is 11.6 Å². The molecule has 0 radical (unpaired) electrons. The van der Waals surface area contributed by atoms with Crippen molar-refractivity contribution in [2.24, 2.45) is 0 Å². The Balaban J connectivity index is -0.000000229. The van der Waals surface area contributed by atoms with Gasteiger partial charge in [0.05, 0.1) is 5.97 Å². The summed E-state index contributed by atoms with van der Waals surface area (Å²) in [6.07, 6.45) is -2.17. The van der Waals surface area contributed by atoms with E-state index in [9.17, 15) is 88.8 Å². The Bertz CT molecular complexity index is 961. The number of nitrogens with one attached hydrogen (secondary N) is 1. The van der Waals surface area contributed by atoms with Gasteiger partial charge in [0.2, 0.25) is 0 Å². The lowest BCUT2D eigenvalue weighted by Crippen LogP contribution is -2.68. The van der Waals surface area contributed by atoms with Gasteiger partial charge in [-0.1, -0.05) is 12.5 Å². The number of hydrogen-bond donors (Lipinski definition) is 1. The van der Waals surface area contributed by atoms with Crippen LogP contribution in [-0.4, -0.2) is 71.4 Å². The molecule has 4 N–H and O–H groups in total. The highest BCUT2D eigenvalue weighted by Crippen LogP contribution is 2.01. The Morgan fingerprint density at radius 1 is 0.476 bits per heavy atom. The van der Waals surface area contributed by atoms with Crippen molar-refractivity contribution < 1.29 is 94.5 Å². The molecule has 0 amide bonds. The van der Waals surface area contributed by atoms with Crippen molar-refractivity contribution in [1.29, 1.82) is 0 Å². The number of carbonyl (C=O) groups excluding carboxylic acids is 10. The highest BCUT2D eigenvalue weighted by Gasteiger charge is 2.05. The van der Waals surface area contributed by atoms with Crippen LogP contribution in [0.3, 0.4) is 0 Å². The molecule has 2 unspecified atom stereocenters. The quantitative estimate of drug-likeness (QED) is 0.141. The van der Waals surface area contributed by atoms with E-state index in [2.05, 4.69) is 5.73 Å². The zero-order valence-electron chi connectivity index (χ0n) is 21.8. The maximum Gasteiger partial charge on any atom is 0.178 e. The van der Waals surface area contributed by atoms with Gasteiger partial charge in [0, 0.05) is 49.1 Å². The molecule has 2 atom stereocenters. The third-order valence-corrected chi connectivity index (χ3v) is 3.98. The minimum absolute atomic E-state index is 0.00366. The third-order valence-electron chi connectivity index (χ3n) is 3.98. The topological polar surface area (TPSA) is 407 Å². The lowest BCUT2D eigenvalue weighted by molar-refractivity contribution is -0.438. The fourth-order valence-electron chi connectivity index (χ4n) is 1.79. The smallest absolute Gasteiger partial charge is 0.178 e. The summed E-state index contributed by atoms with van der Waals surface area (Å²) < 4.78 is 0. The molecule has 0 aliphatic rings. The van der Waals surface area contributed by atoms with Crippen molar-refractivity contribution in [3.8, 4) is 0 Å². The molecule has 240 valence electrons. The monoisotopic (exact) mass is 606 g/mol. The number of rotatable bonds is 18. The molecule has 0 rings (SSSR count). The van der Waals surface area contributed by atoms with E-state index in [0.29, 0.717) is 0 Å². The number of carbonyl (C=O) groups is 10. The van der Waals surface area contributed by atoms with Gasteiger partial charge >= 0.3 is 0 Å². The van der Waals surface area contributed by atoms with E-state index in [1.165, 1.54) is 0 Å². The van der Waals surface area contributed by atoms with Crippen LogP contribution in [0, 0.1) is 0 Å². The molecule has 0 aromatic rings. The van der Waals surface area contributed by atoms with Crippen LogP contribution in [-0.2, 0) is 47.9 Å². The SMILES string of the molecule is O=C([O-])CCC(=O)C(=O)[O-].O=C([O-])CCCC(=O)C(=O)[O-].[NH-]C(CCCC(=O)[O-])C(=O)[O-].[NH3+]C(CCC(=O)[O-])C(=O)[O-]. The van der Waals surface area contributed by atoms with E-state index in [4.69, 9.17) is 5.73 Å². The van der Waals surface area contributed by atoms with E-state index in [-0.39, 0.29) is 51.4 Å². The van der Waals surface area contributed by atoms with Crippen LogP contribution in [0.15, 0.2) is 0 Å². The Kier molecular flexibility index (Phi) is 27.5. The van der Waals surface area contributed by atoms with Gasteiger partial charge in [-0.05, 0) is 38.5 Å². The standard InChI is InChI=1S/C6H10NO4.C6H8O5.C5H9NO4.C5H6O5/c2*7-4(6(10)11)2-1-3-5(8)9;2*6-3(5(9)10)1-2-4(7)8/h4,7H,1-3H2,(H,8,9)(H,10,11);1-3H2,(H,8,9)(H,10,11);3H,1-2,6H2,(H,7,8)(H,9,10);1-2H2,(H,7,8)(H,9,10)/q-1;;;/p-7. The molecular formula is C22H26N2O18-8. The molecule has 20 heteroatoms. The summed E-state index contributed by atoms with van der Waals surface area (Å²) in [5.74, 6) is -14.0. The Hall–Kier alpha value is -4.98. The first kappa shape index (κ1) is 44.1. The fraction of sp³-hybridized carbons (Fsp3) is 0.545. The second-order valence-corrected chi connectivity index (χ2v) is 7.58. The van der Waals surface area contributed by atoms with Crippen molar-refractivity contribution in [2.45, 2.75) is 76.3 Å². The molecule has 0 aromatic carbocycles. The molecule has 0 aliphatic carbocycles. The second kappa shape index (κ2) is 26.3. The normalized spacial score (nSPS) is 10.7. The van der Waals surface area contributed by atoms with Crippen LogP contribution in [0.2, 0.25) is 0 Å². The summed E-state index contributed by atoms with van der Waals surface area (Å²) in [6.45, 7) is 0. The van der Waals surface area contributed by atoms with Crippen molar-refractivity contribution in [3.05, 3.63) is 5.73 Å². The number of quaternary nitrogens is 1. The van der Waals surface area contributed by atoms with Gasteiger partial charge in [-0.25, -0.2) is 0 Å². The summed E-state index contributed by atoms with van der Waals surface area (Å²) in [5, 5.41) is 78.2. The first-order valence-electron chi connectivity index (χ1n) is 11.4. The van der Waals surface area contributed by atoms with Crippen LogP contribution in [0.5, 0.6) is 0 Å². The lowest BCUT2D eigenvalue weighted by Gasteiger charge is -2.20. The molecule has 0 aliphatic heterocycles. The predicted molar refractivity (Wildman–Crippen MR) is 111 cm³/mol. The molecule has 0 saturated heterocycles. The average molecular weight is 606 g/mol. The molecule has 20 nitrogen and oxygen atoms in total. The molecule has 42 heavy (non-hydrogen) atoms. The fourth-order valence-corrected chi connectivity index (χ4v) is 1.79. The van der Waals surface area contributed by atoms with Gasteiger partial charge in [-0.15, -0.1) is 0 Å². The number of aliphatic carboxylic acids is 8. The molecule has 0 aromatic heterocycles. The number of hydrogen-bond acceptors (Lipinski definition) is 18. The van der Waals surface area contributed by atoms with Crippen molar-refractivity contribution in [1.82, 2.24) is 0 Å². The summed E-state index contributed by atoms with van der Waals surface area (Å²) in [4.78, 5) is 98.6. The highest BCUT2D eigenvalue weighted by molar-refractivity contribution is 6.32. The largest absolute Gasteiger partial charge is 0.670 e.